The lowest BCUT2D eigenvalue weighted by Crippen LogP contribution is -2.01. The van der Waals surface area contributed by atoms with E-state index in [1.165, 1.54) is 18.7 Å². The van der Waals surface area contributed by atoms with E-state index < -0.39 is 5.97 Å². The smallest absolute Gasteiger partial charge is 0.307 e. The van der Waals surface area contributed by atoms with Crippen LogP contribution in [0, 0.1) is 0 Å². The molecule has 0 saturated carbocycles. The Bertz CT molecular complexity index is 449. The number of aromatic amines is 1. The molecule has 0 amide bonds. The Morgan fingerprint density at radius 3 is 2.60 bits per heavy atom. The molecule has 2 aromatic rings. The van der Waals surface area contributed by atoms with Gasteiger partial charge in [0.05, 0.1) is 18.9 Å². The fourth-order valence-corrected chi connectivity index (χ4v) is 1.14. The van der Waals surface area contributed by atoms with Crippen molar-refractivity contribution < 1.29 is 9.90 Å². The van der Waals surface area contributed by atoms with E-state index in [-0.39, 0.29) is 6.42 Å². The third-order valence-electron chi connectivity index (χ3n) is 1.80. The van der Waals surface area contributed by atoms with Gasteiger partial charge in [-0.25, -0.2) is 15.0 Å². The van der Waals surface area contributed by atoms with Crippen molar-refractivity contribution in [3.05, 3.63) is 30.5 Å². The molecule has 0 spiro atoms. The van der Waals surface area contributed by atoms with Crippen LogP contribution in [0.5, 0.6) is 0 Å². The number of carboxylic acids is 1. The lowest BCUT2D eigenvalue weighted by atomic mass is 10.2. The van der Waals surface area contributed by atoms with E-state index in [0.717, 1.165) is 0 Å². The summed E-state index contributed by atoms with van der Waals surface area (Å²) < 4.78 is 0. The minimum atomic E-state index is -0.895. The molecule has 0 aliphatic carbocycles. The van der Waals surface area contributed by atoms with Crippen molar-refractivity contribution >= 4 is 5.97 Å². The van der Waals surface area contributed by atoms with Crippen LogP contribution in [-0.4, -0.2) is 31.0 Å². The number of H-pyrrole nitrogens is 1. The first-order chi connectivity index (χ1) is 7.25. The average Bonchev–Trinajstić information content (AvgIpc) is 2.71. The van der Waals surface area contributed by atoms with Crippen LogP contribution in [0.25, 0.3) is 11.5 Å². The Balaban J connectivity index is 2.21. The normalized spacial score (nSPS) is 10.1. The van der Waals surface area contributed by atoms with E-state index in [1.54, 1.807) is 6.20 Å². The van der Waals surface area contributed by atoms with Crippen LogP contribution in [0.2, 0.25) is 0 Å². The van der Waals surface area contributed by atoms with E-state index in [1.807, 2.05) is 0 Å². The monoisotopic (exact) mass is 204 g/mol. The first kappa shape index (κ1) is 9.32. The lowest BCUT2D eigenvalue weighted by Gasteiger charge is -1.97. The Kier molecular flexibility index (Phi) is 2.40. The predicted molar refractivity (Wildman–Crippen MR) is 51.0 cm³/mol. The highest BCUT2D eigenvalue weighted by Gasteiger charge is 2.04. The van der Waals surface area contributed by atoms with Gasteiger partial charge in [0, 0.05) is 12.4 Å². The zero-order valence-corrected chi connectivity index (χ0v) is 7.71. The molecule has 0 unspecified atom stereocenters. The zero-order chi connectivity index (χ0) is 10.7. The number of aliphatic carboxylic acids is 1. The molecular formula is C9H8N4O2. The number of imidazole rings is 1. The van der Waals surface area contributed by atoms with Gasteiger partial charge in [0.15, 0.2) is 5.82 Å². The molecule has 0 aliphatic rings. The molecule has 76 valence electrons. The molecule has 2 aromatic heterocycles. The summed E-state index contributed by atoms with van der Waals surface area (Å²) in [4.78, 5) is 25.2. The van der Waals surface area contributed by atoms with Gasteiger partial charge in [0.2, 0.25) is 0 Å². The maximum absolute atomic E-state index is 10.4. The van der Waals surface area contributed by atoms with Crippen LogP contribution in [0.4, 0.5) is 0 Å². The SMILES string of the molecule is O=C(O)Cc1cnc(-c2cnc[nH]2)nc1. The van der Waals surface area contributed by atoms with E-state index in [4.69, 9.17) is 5.11 Å². The quantitative estimate of drug-likeness (QED) is 0.759. The summed E-state index contributed by atoms with van der Waals surface area (Å²) in [5.41, 5.74) is 1.28. The van der Waals surface area contributed by atoms with Crippen LogP contribution in [0.3, 0.4) is 0 Å². The maximum Gasteiger partial charge on any atom is 0.307 e. The second kappa shape index (κ2) is 3.87. The van der Waals surface area contributed by atoms with Gasteiger partial charge >= 0.3 is 5.97 Å². The van der Waals surface area contributed by atoms with Crippen molar-refractivity contribution in [3.63, 3.8) is 0 Å². The minimum absolute atomic E-state index is 0.0662. The number of hydrogen-bond donors (Lipinski definition) is 2. The number of rotatable bonds is 3. The summed E-state index contributed by atoms with van der Waals surface area (Å²) in [6, 6.07) is 0. The second-order valence-electron chi connectivity index (χ2n) is 2.95. The van der Waals surface area contributed by atoms with Gasteiger partial charge in [-0.15, -0.1) is 0 Å². The van der Waals surface area contributed by atoms with Gasteiger partial charge in [-0.1, -0.05) is 0 Å². The number of aromatic nitrogens is 4. The molecule has 0 atom stereocenters. The van der Waals surface area contributed by atoms with Crippen LogP contribution < -0.4 is 0 Å². The van der Waals surface area contributed by atoms with Crippen LogP contribution >= 0.6 is 0 Å². The third-order valence-corrected chi connectivity index (χ3v) is 1.80. The van der Waals surface area contributed by atoms with E-state index in [2.05, 4.69) is 19.9 Å². The fourth-order valence-electron chi connectivity index (χ4n) is 1.14. The molecule has 0 fully saturated rings. The standard InChI is InChI=1S/C9H8N4O2/c14-8(15)1-6-2-11-9(12-3-6)7-4-10-5-13-7/h2-5H,1H2,(H,10,13)(H,14,15). The van der Waals surface area contributed by atoms with Crippen molar-refractivity contribution in [2.45, 2.75) is 6.42 Å². The molecule has 6 nitrogen and oxygen atoms in total. The van der Waals surface area contributed by atoms with E-state index in [0.29, 0.717) is 17.1 Å². The zero-order valence-electron chi connectivity index (χ0n) is 7.71. The largest absolute Gasteiger partial charge is 0.481 e. The molecule has 2 heterocycles. The highest BCUT2D eigenvalue weighted by molar-refractivity contribution is 5.69. The molecule has 0 bridgehead atoms. The number of nitrogens with one attached hydrogen (secondary N) is 1. The van der Waals surface area contributed by atoms with Gasteiger partial charge in [-0.3, -0.25) is 4.79 Å². The summed E-state index contributed by atoms with van der Waals surface area (Å²) >= 11 is 0. The van der Waals surface area contributed by atoms with Crippen molar-refractivity contribution in [2.75, 3.05) is 0 Å². The maximum atomic E-state index is 10.4. The molecule has 0 aliphatic heterocycles. The predicted octanol–water partition coefficient (Wildman–Crippen LogP) is 0.494. The van der Waals surface area contributed by atoms with Crippen LogP contribution in [0.15, 0.2) is 24.9 Å². The second-order valence-corrected chi connectivity index (χ2v) is 2.95. The third kappa shape index (κ3) is 2.16. The summed E-state index contributed by atoms with van der Waals surface area (Å²) in [5, 5.41) is 8.55. The topological polar surface area (TPSA) is 91.8 Å². The molecule has 0 aromatic carbocycles. The van der Waals surface area contributed by atoms with Gasteiger partial charge in [-0.2, -0.15) is 0 Å². The summed E-state index contributed by atoms with van der Waals surface area (Å²) in [5.74, 6) is -0.394. The Hall–Kier alpha value is -2.24. The number of nitrogens with zero attached hydrogens (tertiary/aromatic N) is 3. The Morgan fingerprint density at radius 1 is 1.33 bits per heavy atom. The lowest BCUT2D eigenvalue weighted by molar-refractivity contribution is -0.136. The minimum Gasteiger partial charge on any atom is -0.481 e. The number of hydrogen-bond acceptors (Lipinski definition) is 4. The summed E-state index contributed by atoms with van der Waals surface area (Å²) in [6.07, 6.45) is 6.06. The van der Waals surface area contributed by atoms with Gasteiger partial charge < -0.3 is 10.1 Å². The van der Waals surface area contributed by atoms with Gasteiger partial charge in [-0.05, 0) is 5.56 Å². The Labute approximate surface area is 85.0 Å². The highest BCUT2D eigenvalue weighted by atomic mass is 16.4. The van der Waals surface area contributed by atoms with Gasteiger partial charge in [0.25, 0.3) is 0 Å². The molecule has 2 rings (SSSR count). The fraction of sp³-hybridized carbons (Fsp3) is 0.111. The van der Waals surface area contributed by atoms with Crippen LogP contribution in [-0.2, 0) is 11.2 Å². The number of carbonyl (C=O) groups is 1. The molecular weight excluding hydrogens is 196 g/mol. The van der Waals surface area contributed by atoms with E-state index >= 15 is 0 Å². The summed E-state index contributed by atoms with van der Waals surface area (Å²) in [7, 11) is 0. The Morgan fingerprint density at radius 2 is 2.07 bits per heavy atom. The molecule has 15 heavy (non-hydrogen) atoms. The molecule has 0 saturated heterocycles. The molecule has 6 heteroatoms. The first-order valence-electron chi connectivity index (χ1n) is 4.27. The molecule has 0 radical (unpaired) electrons. The first-order valence-corrected chi connectivity index (χ1v) is 4.27. The van der Waals surface area contributed by atoms with Crippen molar-refractivity contribution in [2.24, 2.45) is 0 Å². The van der Waals surface area contributed by atoms with E-state index in [9.17, 15) is 4.79 Å². The summed E-state index contributed by atoms with van der Waals surface area (Å²) in [6.45, 7) is 0. The number of carboxylic acid groups (broad SMARTS) is 1. The van der Waals surface area contributed by atoms with Crippen molar-refractivity contribution in [1.29, 1.82) is 0 Å². The van der Waals surface area contributed by atoms with Gasteiger partial charge in [0.1, 0.15) is 5.69 Å². The molecule has 2 N–H and O–H groups in total. The van der Waals surface area contributed by atoms with Crippen LogP contribution in [0.1, 0.15) is 5.56 Å². The average molecular weight is 204 g/mol. The van der Waals surface area contributed by atoms with Crippen molar-refractivity contribution in [3.8, 4) is 11.5 Å². The van der Waals surface area contributed by atoms with Crippen molar-refractivity contribution in [1.82, 2.24) is 19.9 Å². The highest BCUT2D eigenvalue weighted by Crippen LogP contribution is 2.09.